The number of benzene rings is 1. The molecule has 1 heterocycles. The summed E-state index contributed by atoms with van der Waals surface area (Å²) in [6, 6.07) is 4.38. The van der Waals surface area contributed by atoms with Gasteiger partial charge in [0.25, 0.3) is 0 Å². The number of rotatable bonds is 1. The summed E-state index contributed by atoms with van der Waals surface area (Å²) in [7, 11) is 0. The molecule has 82 valence electrons. The molecule has 1 saturated heterocycles. The van der Waals surface area contributed by atoms with Crippen LogP contribution >= 0.6 is 11.6 Å². The number of halogens is 2. The van der Waals surface area contributed by atoms with Crippen LogP contribution in [0.15, 0.2) is 18.2 Å². The van der Waals surface area contributed by atoms with Crippen LogP contribution in [-0.2, 0) is 4.74 Å². The molecule has 2 rings (SSSR count). The van der Waals surface area contributed by atoms with E-state index in [1.54, 1.807) is 6.07 Å². The number of nitrogens with one attached hydrogen (secondary N) is 1. The van der Waals surface area contributed by atoms with Gasteiger partial charge in [-0.25, -0.2) is 4.39 Å². The second kappa shape index (κ2) is 4.47. The summed E-state index contributed by atoms with van der Waals surface area (Å²) in [5, 5.41) is 3.85. The Balaban J connectivity index is 2.18. The van der Waals surface area contributed by atoms with Gasteiger partial charge in [-0.05, 0) is 30.7 Å². The molecule has 1 aromatic rings. The van der Waals surface area contributed by atoms with E-state index in [2.05, 4.69) is 5.32 Å². The molecule has 0 amide bonds. The van der Waals surface area contributed by atoms with Crippen molar-refractivity contribution < 1.29 is 9.13 Å². The van der Waals surface area contributed by atoms with Crippen molar-refractivity contribution in [1.82, 2.24) is 5.32 Å². The van der Waals surface area contributed by atoms with Crippen molar-refractivity contribution in [2.45, 2.75) is 19.1 Å². The van der Waals surface area contributed by atoms with E-state index in [4.69, 9.17) is 16.3 Å². The van der Waals surface area contributed by atoms with E-state index >= 15 is 0 Å². The fraction of sp³-hybridized carbons (Fsp3) is 0.455. The van der Waals surface area contributed by atoms with Crippen molar-refractivity contribution in [2.24, 2.45) is 0 Å². The molecule has 2 nitrogen and oxygen atoms in total. The minimum Gasteiger partial charge on any atom is -0.375 e. The van der Waals surface area contributed by atoms with Crippen LogP contribution in [0.2, 0.25) is 5.02 Å². The van der Waals surface area contributed by atoms with Crippen molar-refractivity contribution in [1.29, 1.82) is 0 Å². The minimum absolute atomic E-state index is 0.00981. The molecule has 0 saturated carbocycles. The van der Waals surface area contributed by atoms with Gasteiger partial charge in [0.2, 0.25) is 0 Å². The molecule has 0 bridgehead atoms. The van der Waals surface area contributed by atoms with E-state index in [0.29, 0.717) is 11.6 Å². The molecule has 15 heavy (non-hydrogen) atoms. The van der Waals surface area contributed by atoms with Crippen molar-refractivity contribution in [2.75, 3.05) is 13.2 Å². The second-order valence-electron chi connectivity index (χ2n) is 3.77. The first-order valence-electron chi connectivity index (χ1n) is 4.97. The maximum absolute atomic E-state index is 13.1. The molecule has 1 N–H and O–H groups in total. The summed E-state index contributed by atoms with van der Waals surface area (Å²) >= 11 is 6.00. The zero-order valence-corrected chi connectivity index (χ0v) is 9.22. The molecule has 0 aromatic heterocycles. The van der Waals surface area contributed by atoms with Gasteiger partial charge in [0.05, 0.1) is 18.8 Å². The summed E-state index contributed by atoms with van der Waals surface area (Å²) in [5.74, 6) is -0.269. The third-order valence-corrected chi connectivity index (χ3v) is 2.88. The predicted octanol–water partition coefficient (Wildman–Crippen LogP) is 2.53. The first kappa shape index (κ1) is 10.9. The molecule has 2 unspecified atom stereocenters. The van der Waals surface area contributed by atoms with Gasteiger partial charge >= 0.3 is 0 Å². The van der Waals surface area contributed by atoms with Gasteiger partial charge in [0.1, 0.15) is 5.82 Å². The Morgan fingerprint density at radius 1 is 1.53 bits per heavy atom. The summed E-state index contributed by atoms with van der Waals surface area (Å²) in [4.78, 5) is 0. The van der Waals surface area contributed by atoms with E-state index in [1.807, 2.05) is 6.92 Å². The first-order valence-corrected chi connectivity index (χ1v) is 5.34. The molecular weight excluding hydrogens is 217 g/mol. The number of ether oxygens (including phenoxy) is 1. The van der Waals surface area contributed by atoms with Gasteiger partial charge in [-0.15, -0.1) is 0 Å². The maximum Gasteiger partial charge on any atom is 0.123 e. The number of hydrogen-bond acceptors (Lipinski definition) is 2. The fourth-order valence-electron chi connectivity index (χ4n) is 1.67. The largest absolute Gasteiger partial charge is 0.375 e. The summed E-state index contributed by atoms with van der Waals surface area (Å²) in [6.45, 7) is 3.29. The normalized spacial score (nSPS) is 26.6. The average Bonchev–Trinajstić information content (AvgIpc) is 2.23. The van der Waals surface area contributed by atoms with Crippen molar-refractivity contribution in [3.8, 4) is 0 Å². The Morgan fingerprint density at radius 3 is 3.00 bits per heavy atom. The molecule has 2 atom stereocenters. The van der Waals surface area contributed by atoms with E-state index in [1.165, 1.54) is 12.1 Å². The third-order valence-electron chi connectivity index (χ3n) is 2.53. The van der Waals surface area contributed by atoms with Crippen LogP contribution in [0.1, 0.15) is 18.5 Å². The van der Waals surface area contributed by atoms with Crippen LogP contribution in [0, 0.1) is 5.82 Å². The first-order chi connectivity index (χ1) is 7.16. The molecule has 0 aliphatic carbocycles. The van der Waals surface area contributed by atoms with Crippen LogP contribution in [0.3, 0.4) is 0 Å². The molecule has 4 heteroatoms. The SMILES string of the molecule is CC1CNC(c2cc(F)ccc2Cl)CO1. The molecule has 1 aliphatic rings. The highest BCUT2D eigenvalue weighted by Gasteiger charge is 2.21. The smallest absolute Gasteiger partial charge is 0.123 e. The predicted molar refractivity (Wildman–Crippen MR) is 57.6 cm³/mol. The van der Waals surface area contributed by atoms with Gasteiger partial charge in [-0.3, -0.25) is 0 Å². The third kappa shape index (κ3) is 2.48. The molecule has 1 aliphatic heterocycles. The van der Waals surface area contributed by atoms with Gasteiger partial charge in [-0.2, -0.15) is 0 Å². The van der Waals surface area contributed by atoms with Crippen LogP contribution in [0.5, 0.6) is 0 Å². The highest BCUT2D eigenvalue weighted by molar-refractivity contribution is 6.31. The summed E-state index contributed by atoms with van der Waals surface area (Å²) in [6.07, 6.45) is 0.202. The molecular formula is C11H13ClFNO. The van der Waals surface area contributed by atoms with Crippen LogP contribution in [0.25, 0.3) is 0 Å². The molecule has 0 spiro atoms. The van der Waals surface area contributed by atoms with Crippen LogP contribution in [0.4, 0.5) is 4.39 Å². The topological polar surface area (TPSA) is 21.3 Å². The number of hydrogen-bond donors (Lipinski definition) is 1. The van der Waals surface area contributed by atoms with Crippen LogP contribution in [-0.4, -0.2) is 19.3 Å². The average molecular weight is 230 g/mol. The van der Waals surface area contributed by atoms with E-state index in [-0.39, 0.29) is 18.0 Å². The standard InChI is InChI=1S/C11H13ClFNO/c1-7-5-14-11(6-15-7)9-4-8(13)2-3-10(9)12/h2-4,7,11,14H,5-6H2,1H3. The quantitative estimate of drug-likeness (QED) is 0.799. The Hall–Kier alpha value is -0.640. The molecule has 1 fully saturated rings. The van der Waals surface area contributed by atoms with E-state index in [9.17, 15) is 4.39 Å². The Morgan fingerprint density at radius 2 is 2.33 bits per heavy atom. The Kier molecular flexibility index (Phi) is 3.24. The molecule has 0 radical (unpaired) electrons. The lowest BCUT2D eigenvalue weighted by atomic mass is 10.1. The van der Waals surface area contributed by atoms with Gasteiger partial charge in [-0.1, -0.05) is 11.6 Å². The second-order valence-corrected chi connectivity index (χ2v) is 4.18. The van der Waals surface area contributed by atoms with Crippen molar-refractivity contribution in [3.63, 3.8) is 0 Å². The van der Waals surface area contributed by atoms with Crippen LogP contribution < -0.4 is 5.32 Å². The van der Waals surface area contributed by atoms with Gasteiger partial charge < -0.3 is 10.1 Å². The maximum atomic E-state index is 13.1. The summed E-state index contributed by atoms with van der Waals surface area (Å²) in [5.41, 5.74) is 0.767. The minimum atomic E-state index is -0.269. The van der Waals surface area contributed by atoms with Gasteiger partial charge in [0.15, 0.2) is 0 Å². The Labute approximate surface area is 93.4 Å². The van der Waals surface area contributed by atoms with E-state index in [0.717, 1.165) is 12.1 Å². The highest BCUT2D eigenvalue weighted by atomic mass is 35.5. The Bertz CT molecular complexity index is 350. The van der Waals surface area contributed by atoms with Gasteiger partial charge in [0, 0.05) is 11.6 Å². The lowest BCUT2D eigenvalue weighted by Gasteiger charge is -2.29. The summed E-state index contributed by atoms with van der Waals surface area (Å²) < 4.78 is 18.5. The molecule has 1 aromatic carbocycles. The zero-order chi connectivity index (χ0) is 10.8. The fourth-order valence-corrected chi connectivity index (χ4v) is 1.92. The lowest BCUT2D eigenvalue weighted by molar-refractivity contribution is 0.0149. The van der Waals surface area contributed by atoms with E-state index < -0.39 is 0 Å². The van der Waals surface area contributed by atoms with Crippen molar-refractivity contribution in [3.05, 3.63) is 34.6 Å². The zero-order valence-electron chi connectivity index (χ0n) is 8.47. The lowest BCUT2D eigenvalue weighted by Crippen LogP contribution is -2.39. The monoisotopic (exact) mass is 229 g/mol. The highest BCUT2D eigenvalue weighted by Crippen LogP contribution is 2.26. The number of morpholine rings is 1. The van der Waals surface area contributed by atoms with Crippen molar-refractivity contribution >= 4 is 11.6 Å².